The van der Waals surface area contributed by atoms with E-state index in [2.05, 4.69) is 6.92 Å². The summed E-state index contributed by atoms with van der Waals surface area (Å²) in [6, 6.07) is 7.27. The van der Waals surface area contributed by atoms with E-state index in [9.17, 15) is 4.79 Å². The SMILES string of the molecule is CCc1ccc(O)cc1.CNC(=O)O. The van der Waals surface area contributed by atoms with E-state index in [1.54, 1.807) is 12.1 Å². The molecule has 1 amide bonds. The van der Waals surface area contributed by atoms with E-state index in [-0.39, 0.29) is 0 Å². The van der Waals surface area contributed by atoms with Crippen molar-refractivity contribution in [1.29, 1.82) is 0 Å². The topological polar surface area (TPSA) is 69.6 Å². The van der Waals surface area contributed by atoms with Crippen molar-refractivity contribution < 1.29 is 15.0 Å². The van der Waals surface area contributed by atoms with Crippen LogP contribution in [0.15, 0.2) is 24.3 Å². The molecule has 0 heterocycles. The highest BCUT2D eigenvalue weighted by Gasteiger charge is 1.86. The van der Waals surface area contributed by atoms with Crippen LogP contribution in [0.5, 0.6) is 5.75 Å². The summed E-state index contributed by atoms with van der Waals surface area (Å²) in [6.45, 7) is 2.09. The summed E-state index contributed by atoms with van der Waals surface area (Å²) in [6.07, 6.45) is 0.0327. The van der Waals surface area contributed by atoms with Gasteiger partial charge in [0.05, 0.1) is 0 Å². The lowest BCUT2D eigenvalue weighted by Gasteiger charge is -1.93. The summed E-state index contributed by atoms with van der Waals surface area (Å²) in [5.74, 6) is 0.340. The maximum Gasteiger partial charge on any atom is 0.404 e. The number of phenolic OH excluding ortho intramolecular Hbond substituents is 1. The maximum absolute atomic E-state index is 9.26. The van der Waals surface area contributed by atoms with E-state index in [4.69, 9.17) is 10.2 Å². The number of carbonyl (C=O) groups is 1. The molecule has 0 saturated carbocycles. The Hall–Kier alpha value is -1.71. The van der Waals surface area contributed by atoms with Gasteiger partial charge in [0.1, 0.15) is 5.75 Å². The Morgan fingerprint density at radius 2 is 1.79 bits per heavy atom. The summed E-state index contributed by atoms with van der Waals surface area (Å²) in [7, 11) is 1.35. The summed E-state index contributed by atoms with van der Waals surface area (Å²) in [5.41, 5.74) is 1.26. The molecule has 0 saturated heterocycles. The quantitative estimate of drug-likeness (QED) is 0.643. The van der Waals surface area contributed by atoms with Gasteiger partial charge in [-0.1, -0.05) is 19.1 Å². The second kappa shape index (κ2) is 6.77. The molecular formula is C10H15NO3. The Balaban J connectivity index is 0.000000292. The Kier molecular flexibility index (Phi) is 5.94. The van der Waals surface area contributed by atoms with Crippen molar-refractivity contribution in [3.05, 3.63) is 29.8 Å². The lowest BCUT2D eigenvalue weighted by Crippen LogP contribution is -2.13. The van der Waals surface area contributed by atoms with Gasteiger partial charge in [0.2, 0.25) is 0 Å². The molecule has 78 valence electrons. The number of carboxylic acid groups (broad SMARTS) is 1. The smallest absolute Gasteiger partial charge is 0.404 e. The van der Waals surface area contributed by atoms with Crippen LogP contribution in [-0.2, 0) is 6.42 Å². The fourth-order valence-corrected chi connectivity index (χ4v) is 0.732. The molecule has 0 atom stereocenters. The molecule has 1 rings (SSSR count). The molecule has 4 nitrogen and oxygen atoms in total. The number of aryl methyl sites for hydroxylation is 1. The van der Waals surface area contributed by atoms with Crippen molar-refractivity contribution in [2.24, 2.45) is 0 Å². The first kappa shape index (κ1) is 12.3. The van der Waals surface area contributed by atoms with Crippen molar-refractivity contribution in [2.75, 3.05) is 7.05 Å². The summed E-state index contributed by atoms with van der Waals surface area (Å²) in [5, 5.41) is 18.4. The molecule has 4 heteroatoms. The first-order valence-electron chi connectivity index (χ1n) is 4.28. The normalized spacial score (nSPS) is 8.43. The van der Waals surface area contributed by atoms with Crippen molar-refractivity contribution in [1.82, 2.24) is 5.32 Å². The first-order chi connectivity index (χ1) is 6.60. The molecule has 0 radical (unpaired) electrons. The van der Waals surface area contributed by atoms with Crippen molar-refractivity contribution >= 4 is 6.09 Å². The number of nitrogens with one attached hydrogen (secondary N) is 1. The van der Waals surface area contributed by atoms with Crippen molar-refractivity contribution in [3.8, 4) is 5.75 Å². The van der Waals surface area contributed by atoms with Crippen LogP contribution in [0.4, 0.5) is 4.79 Å². The minimum Gasteiger partial charge on any atom is -0.508 e. The zero-order valence-corrected chi connectivity index (χ0v) is 8.32. The average molecular weight is 197 g/mol. The molecule has 3 N–H and O–H groups in total. The number of amides is 1. The second-order valence-corrected chi connectivity index (χ2v) is 2.58. The molecule has 0 aromatic heterocycles. The highest BCUT2D eigenvalue weighted by Crippen LogP contribution is 2.09. The van der Waals surface area contributed by atoms with Crippen LogP contribution in [0.2, 0.25) is 0 Å². The Bertz CT molecular complexity index is 269. The van der Waals surface area contributed by atoms with Crippen LogP contribution in [0.3, 0.4) is 0 Å². The molecule has 0 bridgehead atoms. The largest absolute Gasteiger partial charge is 0.508 e. The third-order valence-corrected chi connectivity index (χ3v) is 1.56. The number of phenols is 1. The maximum atomic E-state index is 9.26. The van der Waals surface area contributed by atoms with Gasteiger partial charge in [-0.2, -0.15) is 0 Å². The molecule has 14 heavy (non-hydrogen) atoms. The summed E-state index contributed by atoms with van der Waals surface area (Å²) >= 11 is 0. The van der Waals surface area contributed by atoms with Crippen LogP contribution in [0, 0.1) is 0 Å². The number of aromatic hydroxyl groups is 1. The van der Waals surface area contributed by atoms with Gasteiger partial charge in [0, 0.05) is 7.05 Å². The predicted molar refractivity (Wildman–Crippen MR) is 54.6 cm³/mol. The highest BCUT2D eigenvalue weighted by atomic mass is 16.4. The third kappa shape index (κ3) is 5.88. The molecule has 0 fully saturated rings. The van der Waals surface area contributed by atoms with Gasteiger partial charge in [0.15, 0.2) is 0 Å². The minimum absolute atomic E-state index is 0.340. The van der Waals surface area contributed by atoms with E-state index >= 15 is 0 Å². The van der Waals surface area contributed by atoms with Crippen LogP contribution in [-0.4, -0.2) is 23.4 Å². The van der Waals surface area contributed by atoms with Crippen molar-refractivity contribution in [2.45, 2.75) is 13.3 Å². The molecule has 0 aliphatic carbocycles. The van der Waals surface area contributed by atoms with Crippen LogP contribution < -0.4 is 5.32 Å². The third-order valence-electron chi connectivity index (χ3n) is 1.56. The fraction of sp³-hybridized carbons (Fsp3) is 0.300. The zero-order valence-electron chi connectivity index (χ0n) is 8.32. The highest BCUT2D eigenvalue weighted by molar-refractivity contribution is 5.63. The van der Waals surface area contributed by atoms with E-state index < -0.39 is 6.09 Å². The molecule has 0 aliphatic rings. The van der Waals surface area contributed by atoms with Gasteiger partial charge in [-0.25, -0.2) is 4.79 Å². The predicted octanol–water partition coefficient (Wildman–Crippen LogP) is 1.84. The number of hydrogen-bond donors (Lipinski definition) is 3. The number of rotatable bonds is 1. The lowest BCUT2D eigenvalue weighted by atomic mass is 10.2. The van der Waals surface area contributed by atoms with Gasteiger partial charge < -0.3 is 15.5 Å². The van der Waals surface area contributed by atoms with Crippen LogP contribution >= 0.6 is 0 Å². The second-order valence-electron chi connectivity index (χ2n) is 2.58. The Morgan fingerprint density at radius 3 is 2.07 bits per heavy atom. The lowest BCUT2D eigenvalue weighted by molar-refractivity contribution is 0.197. The van der Waals surface area contributed by atoms with E-state index in [1.165, 1.54) is 12.6 Å². The summed E-state index contributed by atoms with van der Waals surface area (Å²) in [4.78, 5) is 9.26. The fourth-order valence-electron chi connectivity index (χ4n) is 0.732. The molecule has 1 aromatic carbocycles. The molecule has 0 unspecified atom stereocenters. The van der Waals surface area contributed by atoms with Crippen LogP contribution in [0.1, 0.15) is 12.5 Å². The standard InChI is InChI=1S/C8H10O.C2H5NO2/c1-2-7-3-5-8(9)6-4-7;1-3-2(4)5/h3-6,9H,2H2,1H3;3H,1H3,(H,4,5). The first-order valence-corrected chi connectivity index (χ1v) is 4.28. The molecular weight excluding hydrogens is 182 g/mol. The Labute approximate surface area is 83.2 Å². The summed E-state index contributed by atoms with van der Waals surface area (Å²) < 4.78 is 0. The van der Waals surface area contributed by atoms with Crippen LogP contribution in [0.25, 0.3) is 0 Å². The van der Waals surface area contributed by atoms with E-state index in [1.807, 2.05) is 17.4 Å². The van der Waals surface area contributed by atoms with Crippen molar-refractivity contribution in [3.63, 3.8) is 0 Å². The molecule has 1 aromatic rings. The minimum atomic E-state index is -0.995. The Morgan fingerprint density at radius 1 is 1.36 bits per heavy atom. The zero-order chi connectivity index (χ0) is 11.0. The number of benzene rings is 1. The van der Waals surface area contributed by atoms with Gasteiger partial charge in [-0.15, -0.1) is 0 Å². The monoisotopic (exact) mass is 197 g/mol. The van der Waals surface area contributed by atoms with Gasteiger partial charge in [-0.05, 0) is 24.1 Å². The van der Waals surface area contributed by atoms with Gasteiger partial charge in [-0.3, -0.25) is 0 Å². The van der Waals surface area contributed by atoms with Gasteiger partial charge >= 0.3 is 6.09 Å². The average Bonchev–Trinajstić information content (AvgIpc) is 2.20. The molecule has 0 aliphatic heterocycles. The van der Waals surface area contributed by atoms with Gasteiger partial charge in [0.25, 0.3) is 0 Å². The van der Waals surface area contributed by atoms with E-state index in [0.717, 1.165) is 6.42 Å². The number of hydrogen-bond acceptors (Lipinski definition) is 2. The molecule has 0 spiro atoms. The van der Waals surface area contributed by atoms with E-state index in [0.29, 0.717) is 5.75 Å².